The third-order valence-corrected chi connectivity index (χ3v) is 2.93. The van der Waals surface area contributed by atoms with Gasteiger partial charge in [0.15, 0.2) is 0 Å². The second-order valence-electron chi connectivity index (χ2n) is 3.92. The maximum atomic E-state index is 6.10. The highest BCUT2D eigenvalue weighted by Crippen LogP contribution is 2.25. The molecule has 0 aliphatic rings. The van der Waals surface area contributed by atoms with Crippen LogP contribution in [-0.4, -0.2) is 11.6 Å². The fraction of sp³-hybridized carbons (Fsp3) is 0.214. The molecule has 2 rings (SSSR count). The topological polar surface area (TPSA) is 48.1 Å². The summed E-state index contributed by atoms with van der Waals surface area (Å²) < 4.78 is 5.65. The second kappa shape index (κ2) is 6.38. The molecule has 94 valence electrons. The van der Waals surface area contributed by atoms with Crippen molar-refractivity contribution in [1.82, 2.24) is 4.98 Å². The predicted octanol–water partition coefficient (Wildman–Crippen LogP) is 2.82. The van der Waals surface area contributed by atoms with E-state index in [1.807, 2.05) is 30.3 Å². The zero-order valence-electron chi connectivity index (χ0n) is 9.97. The summed E-state index contributed by atoms with van der Waals surface area (Å²) in [6.07, 6.45) is 4.38. The maximum Gasteiger partial charge on any atom is 0.137 e. The normalized spacial score (nSPS) is 10.3. The van der Waals surface area contributed by atoms with Crippen LogP contribution in [0.15, 0.2) is 42.7 Å². The molecule has 4 heteroatoms. The predicted molar refractivity (Wildman–Crippen MR) is 72.8 cm³/mol. The van der Waals surface area contributed by atoms with Crippen LogP contribution in [0.4, 0.5) is 0 Å². The van der Waals surface area contributed by atoms with Crippen LogP contribution in [0.2, 0.25) is 5.02 Å². The molecule has 0 aliphatic carbocycles. The van der Waals surface area contributed by atoms with E-state index in [9.17, 15) is 0 Å². The van der Waals surface area contributed by atoms with E-state index in [0.29, 0.717) is 23.9 Å². The van der Waals surface area contributed by atoms with E-state index < -0.39 is 0 Å². The first kappa shape index (κ1) is 12.9. The van der Waals surface area contributed by atoms with E-state index in [-0.39, 0.29) is 0 Å². The molecular weight excluding hydrogens is 248 g/mol. The molecule has 3 nitrogen and oxygen atoms in total. The quantitative estimate of drug-likeness (QED) is 0.901. The van der Waals surface area contributed by atoms with Crippen molar-refractivity contribution in [3.63, 3.8) is 0 Å². The Hall–Kier alpha value is -1.58. The number of rotatable bonds is 5. The molecule has 0 bridgehead atoms. The van der Waals surface area contributed by atoms with Gasteiger partial charge in [-0.1, -0.05) is 17.7 Å². The molecule has 0 radical (unpaired) electrons. The molecule has 18 heavy (non-hydrogen) atoms. The molecule has 1 aromatic heterocycles. The Morgan fingerprint density at radius 3 is 2.56 bits per heavy atom. The van der Waals surface area contributed by atoms with Crippen LogP contribution in [0.1, 0.15) is 11.1 Å². The lowest BCUT2D eigenvalue weighted by Gasteiger charge is -2.09. The lowest BCUT2D eigenvalue weighted by Crippen LogP contribution is -2.02. The lowest BCUT2D eigenvalue weighted by atomic mass is 10.2. The molecule has 1 aromatic carbocycles. The minimum absolute atomic E-state index is 0.483. The summed E-state index contributed by atoms with van der Waals surface area (Å²) >= 11 is 6.10. The third kappa shape index (κ3) is 3.45. The molecule has 0 spiro atoms. The highest BCUT2D eigenvalue weighted by atomic mass is 35.5. The van der Waals surface area contributed by atoms with Crippen molar-refractivity contribution in [3.8, 4) is 5.75 Å². The van der Waals surface area contributed by atoms with Gasteiger partial charge in [0.2, 0.25) is 0 Å². The lowest BCUT2D eigenvalue weighted by molar-refractivity contribution is 0.322. The Bertz CT molecular complexity index is 502. The van der Waals surface area contributed by atoms with Crippen LogP contribution in [0.3, 0.4) is 0 Å². The van der Waals surface area contributed by atoms with Gasteiger partial charge in [-0.3, -0.25) is 4.98 Å². The van der Waals surface area contributed by atoms with Crippen LogP contribution in [0, 0.1) is 0 Å². The molecule has 1 heterocycles. The summed E-state index contributed by atoms with van der Waals surface area (Å²) in [5, 5.41) is 0.604. The molecule has 0 saturated heterocycles. The van der Waals surface area contributed by atoms with Gasteiger partial charge in [-0.25, -0.2) is 0 Å². The molecule has 0 amide bonds. The summed E-state index contributed by atoms with van der Waals surface area (Å²) in [6, 6.07) is 9.57. The standard InChI is InChI=1S/C14H15ClN2O/c15-13-9-12(10-16)1-2-14(13)18-8-5-11-3-6-17-7-4-11/h1-4,6-7,9H,5,8,10,16H2. The van der Waals surface area contributed by atoms with Gasteiger partial charge in [-0.05, 0) is 35.4 Å². The van der Waals surface area contributed by atoms with Gasteiger partial charge in [-0.15, -0.1) is 0 Å². The molecule has 0 atom stereocenters. The van der Waals surface area contributed by atoms with E-state index in [0.717, 1.165) is 12.0 Å². The Balaban J connectivity index is 1.91. The second-order valence-corrected chi connectivity index (χ2v) is 4.33. The number of nitrogens with two attached hydrogens (primary N) is 1. The molecule has 0 saturated carbocycles. The molecule has 2 aromatic rings. The molecule has 0 aliphatic heterocycles. The van der Waals surface area contributed by atoms with Crippen molar-refractivity contribution >= 4 is 11.6 Å². The highest BCUT2D eigenvalue weighted by Gasteiger charge is 2.02. The molecule has 0 unspecified atom stereocenters. The maximum absolute atomic E-state index is 6.10. The fourth-order valence-corrected chi connectivity index (χ4v) is 1.87. The van der Waals surface area contributed by atoms with Gasteiger partial charge in [-0.2, -0.15) is 0 Å². The van der Waals surface area contributed by atoms with Crippen molar-refractivity contribution in [1.29, 1.82) is 0 Å². The third-order valence-electron chi connectivity index (χ3n) is 2.63. The zero-order valence-corrected chi connectivity index (χ0v) is 10.7. The van der Waals surface area contributed by atoms with Crippen molar-refractivity contribution in [2.45, 2.75) is 13.0 Å². The van der Waals surface area contributed by atoms with Gasteiger partial charge < -0.3 is 10.5 Å². The Morgan fingerprint density at radius 1 is 1.11 bits per heavy atom. The number of pyridine rings is 1. The number of nitrogens with zero attached hydrogens (tertiary/aromatic N) is 1. The summed E-state index contributed by atoms with van der Waals surface area (Å²) in [6.45, 7) is 1.07. The first-order chi connectivity index (χ1) is 8.79. The van der Waals surface area contributed by atoms with Gasteiger partial charge in [0.1, 0.15) is 5.75 Å². The average Bonchev–Trinajstić information content (AvgIpc) is 2.42. The van der Waals surface area contributed by atoms with Crippen molar-refractivity contribution in [2.75, 3.05) is 6.61 Å². The number of hydrogen-bond donors (Lipinski definition) is 1. The average molecular weight is 263 g/mol. The van der Waals surface area contributed by atoms with Gasteiger partial charge >= 0.3 is 0 Å². The van der Waals surface area contributed by atoms with Crippen LogP contribution in [0.25, 0.3) is 0 Å². The van der Waals surface area contributed by atoms with Gasteiger partial charge in [0.05, 0.1) is 11.6 Å². The number of halogens is 1. The van der Waals surface area contributed by atoms with Crippen LogP contribution >= 0.6 is 11.6 Å². The smallest absolute Gasteiger partial charge is 0.137 e. The number of ether oxygens (including phenoxy) is 1. The van der Waals surface area contributed by atoms with Crippen LogP contribution in [-0.2, 0) is 13.0 Å². The minimum atomic E-state index is 0.483. The first-order valence-corrected chi connectivity index (χ1v) is 6.17. The minimum Gasteiger partial charge on any atom is -0.492 e. The number of hydrogen-bond acceptors (Lipinski definition) is 3. The van der Waals surface area contributed by atoms with E-state index in [1.165, 1.54) is 5.56 Å². The number of benzene rings is 1. The SMILES string of the molecule is NCc1ccc(OCCc2ccncc2)c(Cl)c1. The number of aromatic nitrogens is 1. The zero-order chi connectivity index (χ0) is 12.8. The van der Waals surface area contributed by atoms with Crippen molar-refractivity contribution in [3.05, 3.63) is 58.9 Å². The largest absolute Gasteiger partial charge is 0.492 e. The fourth-order valence-electron chi connectivity index (χ4n) is 1.62. The summed E-state index contributed by atoms with van der Waals surface area (Å²) in [5.74, 6) is 0.697. The molecular formula is C14H15ClN2O. The van der Waals surface area contributed by atoms with E-state index >= 15 is 0 Å². The Morgan fingerprint density at radius 2 is 1.89 bits per heavy atom. The van der Waals surface area contributed by atoms with E-state index in [4.69, 9.17) is 22.1 Å². The first-order valence-electron chi connectivity index (χ1n) is 5.80. The summed E-state index contributed by atoms with van der Waals surface area (Å²) in [5.41, 5.74) is 7.74. The van der Waals surface area contributed by atoms with E-state index in [2.05, 4.69) is 4.98 Å². The summed E-state index contributed by atoms with van der Waals surface area (Å²) in [7, 11) is 0. The Kier molecular flexibility index (Phi) is 4.56. The van der Waals surface area contributed by atoms with Gasteiger partial charge in [0.25, 0.3) is 0 Å². The highest BCUT2D eigenvalue weighted by molar-refractivity contribution is 6.32. The van der Waals surface area contributed by atoms with Crippen LogP contribution in [0.5, 0.6) is 5.75 Å². The van der Waals surface area contributed by atoms with Crippen molar-refractivity contribution < 1.29 is 4.74 Å². The molecule has 0 fully saturated rings. The van der Waals surface area contributed by atoms with Crippen LogP contribution < -0.4 is 10.5 Å². The monoisotopic (exact) mass is 262 g/mol. The van der Waals surface area contributed by atoms with E-state index in [1.54, 1.807) is 12.4 Å². The van der Waals surface area contributed by atoms with Gasteiger partial charge in [0, 0.05) is 25.4 Å². The van der Waals surface area contributed by atoms with Crippen molar-refractivity contribution in [2.24, 2.45) is 5.73 Å². The molecule has 2 N–H and O–H groups in total. The Labute approximate surface area is 112 Å². The summed E-state index contributed by atoms with van der Waals surface area (Å²) in [4.78, 5) is 3.97.